The molecule has 2 aromatic carbocycles. The van der Waals surface area contributed by atoms with Gasteiger partial charge in [0.05, 0.1) is 11.4 Å². The van der Waals surface area contributed by atoms with Crippen LogP contribution in [-0.2, 0) is 4.79 Å². The number of fused-ring (bicyclic) bond motifs is 1. The largest absolute Gasteiger partial charge is 0.508 e. The maximum Gasteiger partial charge on any atom is 0.311 e. The van der Waals surface area contributed by atoms with Crippen molar-refractivity contribution < 1.29 is 19.8 Å². The number of aromatic hydroxyl groups is 1. The Kier molecular flexibility index (Phi) is 4.98. The smallest absolute Gasteiger partial charge is 0.311 e. The van der Waals surface area contributed by atoms with Gasteiger partial charge in [0.15, 0.2) is 0 Å². The number of hydrogen-bond acceptors (Lipinski definition) is 3. The zero-order chi connectivity index (χ0) is 20.8. The average Bonchev–Trinajstić information content (AvgIpc) is 2.85. The molecule has 3 aromatic rings. The highest BCUT2D eigenvalue weighted by Gasteiger charge is 2.37. The number of rotatable bonds is 3. The van der Waals surface area contributed by atoms with E-state index in [0.29, 0.717) is 32.7 Å². The average molecular weight is 400 g/mol. The van der Waals surface area contributed by atoms with E-state index in [1.807, 2.05) is 20.8 Å². The Morgan fingerprint density at radius 3 is 2.21 bits per heavy atom. The zero-order valence-corrected chi connectivity index (χ0v) is 16.9. The Balaban J connectivity index is 2.34. The highest BCUT2D eigenvalue weighted by atomic mass is 35.5. The monoisotopic (exact) mass is 399 g/mol. The summed E-state index contributed by atoms with van der Waals surface area (Å²) in [6.07, 6.45) is 0. The molecule has 0 radical (unpaired) electrons. The number of aliphatic carboxylic acids is 1. The van der Waals surface area contributed by atoms with Crippen molar-refractivity contribution >= 4 is 34.4 Å². The van der Waals surface area contributed by atoms with Crippen LogP contribution in [0.4, 0.5) is 0 Å². The first-order chi connectivity index (χ1) is 13.0. The van der Waals surface area contributed by atoms with E-state index < -0.39 is 17.3 Å². The number of carboxylic acids is 1. The third-order valence-corrected chi connectivity index (χ3v) is 5.18. The van der Waals surface area contributed by atoms with Crippen molar-refractivity contribution in [3.05, 3.63) is 64.3 Å². The molecule has 1 unspecified atom stereocenters. The molecule has 0 fully saturated rings. The summed E-state index contributed by atoms with van der Waals surface area (Å²) >= 11 is 5.93. The van der Waals surface area contributed by atoms with Crippen LogP contribution >= 0.6 is 11.6 Å². The summed E-state index contributed by atoms with van der Waals surface area (Å²) in [5.41, 5.74) is 1.48. The fourth-order valence-corrected chi connectivity index (χ4v) is 3.83. The molecule has 0 bridgehead atoms. The standard InChI is InChI=1S/C22H22ClNO4/c1-12-18(19(21(27)28)22(2,3)4)16-11-15(25)9-10-17(16)24(12)20(26)13-5-7-14(23)8-6-13/h5-11,19,25H,1-4H3,(H,27,28). The summed E-state index contributed by atoms with van der Waals surface area (Å²) in [5.74, 6) is -2.09. The lowest BCUT2D eigenvalue weighted by molar-refractivity contribution is -0.141. The Bertz CT molecular complexity index is 1070. The molecule has 146 valence electrons. The minimum Gasteiger partial charge on any atom is -0.508 e. The van der Waals surface area contributed by atoms with Crippen molar-refractivity contribution in [2.45, 2.75) is 33.6 Å². The second kappa shape index (κ2) is 6.99. The molecule has 2 N–H and O–H groups in total. The Hall–Kier alpha value is -2.79. The van der Waals surface area contributed by atoms with E-state index >= 15 is 0 Å². The van der Waals surface area contributed by atoms with E-state index in [1.165, 1.54) is 16.7 Å². The number of aromatic nitrogens is 1. The van der Waals surface area contributed by atoms with Crippen LogP contribution in [0.1, 0.15) is 48.3 Å². The van der Waals surface area contributed by atoms with Crippen LogP contribution in [0, 0.1) is 12.3 Å². The van der Waals surface area contributed by atoms with E-state index in [9.17, 15) is 19.8 Å². The number of halogens is 1. The van der Waals surface area contributed by atoms with E-state index in [1.54, 1.807) is 37.3 Å². The quantitative estimate of drug-likeness (QED) is 0.633. The first kappa shape index (κ1) is 20.0. The van der Waals surface area contributed by atoms with Crippen LogP contribution in [0.15, 0.2) is 42.5 Å². The Morgan fingerprint density at radius 1 is 1.07 bits per heavy atom. The third-order valence-electron chi connectivity index (χ3n) is 4.93. The van der Waals surface area contributed by atoms with Gasteiger partial charge in [-0.05, 0) is 60.4 Å². The van der Waals surface area contributed by atoms with Gasteiger partial charge in [0, 0.05) is 21.7 Å². The molecule has 0 aliphatic heterocycles. The molecule has 28 heavy (non-hydrogen) atoms. The number of carboxylic acid groups (broad SMARTS) is 1. The molecule has 0 aliphatic carbocycles. The van der Waals surface area contributed by atoms with Crippen LogP contribution in [0.3, 0.4) is 0 Å². The fourth-order valence-electron chi connectivity index (χ4n) is 3.71. The summed E-state index contributed by atoms with van der Waals surface area (Å²) in [5, 5.41) is 21.0. The minimum atomic E-state index is -0.975. The number of carbonyl (C=O) groups excluding carboxylic acids is 1. The normalized spacial score (nSPS) is 12.9. The number of benzene rings is 2. The molecule has 0 aliphatic rings. The van der Waals surface area contributed by atoms with Gasteiger partial charge in [-0.25, -0.2) is 0 Å². The van der Waals surface area contributed by atoms with Gasteiger partial charge >= 0.3 is 5.97 Å². The van der Waals surface area contributed by atoms with Crippen LogP contribution < -0.4 is 0 Å². The van der Waals surface area contributed by atoms with E-state index in [0.717, 1.165) is 0 Å². The molecule has 0 saturated carbocycles. The molecule has 0 spiro atoms. The van der Waals surface area contributed by atoms with Crippen molar-refractivity contribution in [3.8, 4) is 5.75 Å². The molecule has 0 saturated heterocycles. The second-order valence-corrected chi connectivity index (χ2v) is 8.42. The predicted octanol–water partition coefficient (Wildman–Crippen LogP) is 5.21. The number of hydrogen-bond donors (Lipinski definition) is 2. The van der Waals surface area contributed by atoms with E-state index in [2.05, 4.69) is 0 Å². The maximum absolute atomic E-state index is 13.2. The van der Waals surface area contributed by atoms with Crippen LogP contribution in [0.2, 0.25) is 5.02 Å². The van der Waals surface area contributed by atoms with E-state index in [-0.39, 0.29) is 11.7 Å². The van der Waals surface area contributed by atoms with Crippen molar-refractivity contribution in [1.29, 1.82) is 0 Å². The second-order valence-electron chi connectivity index (χ2n) is 7.99. The molecule has 1 heterocycles. The fraction of sp³-hybridized carbons (Fsp3) is 0.273. The molecule has 6 heteroatoms. The van der Waals surface area contributed by atoms with Gasteiger partial charge in [0.25, 0.3) is 5.91 Å². The van der Waals surface area contributed by atoms with Gasteiger partial charge in [-0.15, -0.1) is 0 Å². The minimum absolute atomic E-state index is 0.0166. The highest BCUT2D eigenvalue weighted by molar-refractivity contribution is 6.30. The van der Waals surface area contributed by atoms with Crippen molar-refractivity contribution in [3.63, 3.8) is 0 Å². The van der Waals surface area contributed by atoms with Gasteiger partial charge in [0.2, 0.25) is 0 Å². The summed E-state index contributed by atoms with van der Waals surface area (Å²) < 4.78 is 1.51. The lowest BCUT2D eigenvalue weighted by Crippen LogP contribution is -2.27. The highest BCUT2D eigenvalue weighted by Crippen LogP contribution is 2.42. The number of carbonyl (C=O) groups is 2. The van der Waals surface area contributed by atoms with Crippen LogP contribution in [0.5, 0.6) is 5.75 Å². The first-order valence-corrected chi connectivity index (χ1v) is 9.27. The predicted molar refractivity (Wildman–Crippen MR) is 109 cm³/mol. The first-order valence-electron chi connectivity index (χ1n) is 8.89. The molecular formula is C22H22ClNO4. The van der Waals surface area contributed by atoms with Gasteiger partial charge in [-0.2, -0.15) is 0 Å². The molecule has 3 rings (SSSR count). The molecule has 1 aromatic heterocycles. The van der Waals surface area contributed by atoms with Gasteiger partial charge in [-0.1, -0.05) is 32.4 Å². The molecule has 1 atom stereocenters. The lowest BCUT2D eigenvalue weighted by Gasteiger charge is -2.27. The Labute approximate surface area is 168 Å². The zero-order valence-electron chi connectivity index (χ0n) is 16.2. The lowest BCUT2D eigenvalue weighted by atomic mass is 9.75. The van der Waals surface area contributed by atoms with Crippen molar-refractivity contribution in [2.24, 2.45) is 5.41 Å². The maximum atomic E-state index is 13.2. The van der Waals surface area contributed by atoms with Gasteiger partial charge in [-0.3, -0.25) is 14.2 Å². The van der Waals surface area contributed by atoms with Crippen LogP contribution in [-0.4, -0.2) is 26.7 Å². The summed E-state index contributed by atoms with van der Waals surface area (Å²) in [7, 11) is 0. The number of phenolic OH excluding ortho intramolecular Hbond substituents is 1. The van der Waals surface area contributed by atoms with Crippen molar-refractivity contribution in [2.75, 3.05) is 0 Å². The van der Waals surface area contributed by atoms with Gasteiger partial charge in [0.1, 0.15) is 5.75 Å². The third kappa shape index (κ3) is 3.38. The number of nitrogens with zero attached hydrogens (tertiary/aromatic N) is 1. The molecule has 5 nitrogen and oxygen atoms in total. The van der Waals surface area contributed by atoms with E-state index in [4.69, 9.17) is 11.6 Å². The topological polar surface area (TPSA) is 79.5 Å². The van der Waals surface area contributed by atoms with Gasteiger partial charge < -0.3 is 10.2 Å². The molecule has 0 amide bonds. The SMILES string of the molecule is Cc1c(C(C(=O)O)C(C)(C)C)c2cc(O)ccc2n1C(=O)c1ccc(Cl)cc1. The van der Waals surface area contributed by atoms with Crippen LogP contribution in [0.25, 0.3) is 10.9 Å². The Morgan fingerprint density at radius 2 is 1.68 bits per heavy atom. The summed E-state index contributed by atoms with van der Waals surface area (Å²) in [4.78, 5) is 25.4. The van der Waals surface area contributed by atoms with Crippen molar-refractivity contribution in [1.82, 2.24) is 4.57 Å². The summed E-state index contributed by atoms with van der Waals surface area (Å²) in [6.45, 7) is 7.27. The summed E-state index contributed by atoms with van der Waals surface area (Å²) in [6, 6.07) is 11.2. The molecular weight excluding hydrogens is 378 g/mol. The number of phenols is 1.